The highest BCUT2D eigenvalue weighted by atomic mass is 35.5. The maximum Gasteiger partial charge on any atom is 0.416 e. The fourth-order valence-electron chi connectivity index (χ4n) is 2.82. The Labute approximate surface area is 176 Å². The molecule has 9 heteroatoms. The zero-order chi connectivity index (χ0) is 21.7. The van der Waals surface area contributed by atoms with Crippen LogP contribution in [0.4, 0.5) is 13.2 Å². The van der Waals surface area contributed by atoms with Crippen molar-refractivity contribution in [1.29, 1.82) is 0 Å². The van der Waals surface area contributed by atoms with Crippen LogP contribution in [0.3, 0.4) is 0 Å². The van der Waals surface area contributed by atoms with Crippen LogP contribution >= 0.6 is 11.6 Å². The molecule has 0 aliphatic carbocycles. The average Bonchev–Trinajstić information content (AvgIpc) is 3.17. The number of amides is 1. The Kier molecular flexibility index (Phi) is 6.77. The minimum Gasteiger partial charge on any atom is -0.341 e. The number of carbonyl (C=O) groups excluding carboxylic acids is 1. The van der Waals surface area contributed by atoms with E-state index in [2.05, 4.69) is 10.1 Å². The summed E-state index contributed by atoms with van der Waals surface area (Å²) < 4.78 is 43.1. The van der Waals surface area contributed by atoms with Crippen molar-refractivity contribution in [2.75, 3.05) is 7.05 Å². The molecule has 158 valence electrons. The zero-order valence-electron chi connectivity index (χ0n) is 16.1. The van der Waals surface area contributed by atoms with Crippen molar-refractivity contribution in [3.05, 3.63) is 70.6 Å². The summed E-state index contributed by atoms with van der Waals surface area (Å²) in [6.45, 7) is 0.234. The number of aryl methyl sites for hydroxylation is 1. The lowest BCUT2D eigenvalue weighted by molar-refractivity contribution is -0.137. The molecule has 0 aliphatic heterocycles. The second-order valence-corrected chi connectivity index (χ2v) is 7.25. The van der Waals surface area contributed by atoms with Crippen LogP contribution < -0.4 is 0 Å². The quantitative estimate of drug-likeness (QED) is 0.497. The van der Waals surface area contributed by atoms with E-state index < -0.39 is 11.7 Å². The number of halogens is 4. The molecule has 0 fully saturated rings. The number of aromatic nitrogens is 2. The Morgan fingerprint density at radius 1 is 1.10 bits per heavy atom. The van der Waals surface area contributed by atoms with E-state index in [4.69, 9.17) is 16.1 Å². The monoisotopic (exact) mass is 437 g/mol. The number of carbonyl (C=O) groups is 1. The summed E-state index contributed by atoms with van der Waals surface area (Å²) >= 11 is 5.86. The Morgan fingerprint density at radius 3 is 2.40 bits per heavy atom. The molecule has 0 bridgehead atoms. The Hall–Kier alpha value is -2.87. The van der Waals surface area contributed by atoms with Gasteiger partial charge in [0.05, 0.1) is 5.56 Å². The molecular formula is C21H19ClF3N3O2. The van der Waals surface area contributed by atoms with Crippen molar-refractivity contribution in [1.82, 2.24) is 15.0 Å². The van der Waals surface area contributed by atoms with Gasteiger partial charge in [-0.2, -0.15) is 18.2 Å². The van der Waals surface area contributed by atoms with Crippen molar-refractivity contribution in [3.63, 3.8) is 0 Å². The minimum atomic E-state index is -4.37. The Balaban J connectivity index is 1.47. The summed E-state index contributed by atoms with van der Waals surface area (Å²) in [5, 5.41) is 4.54. The molecule has 5 nitrogen and oxygen atoms in total. The molecule has 1 aromatic heterocycles. The van der Waals surface area contributed by atoms with Crippen LogP contribution in [-0.4, -0.2) is 28.0 Å². The third-order valence-electron chi connectivity index (χ3n) is 4.48. The van der Waals surface area contributed by atoms with Gasteiger partial charge in [0.1, 0.15) is 0 Å². The van der Waals surface area contributed by atoms with Crippen molar-refractivity contribution in [2.45, 2.75) is 32.0 Å². The van der Waals surface area contributed by atoms with Gasteiger partial charge >= 0.3 is 6.18 Å². The van der Waals surface area contributed by atoms with Crippen LogP contribution in [0.1, 0.15) is 29.9 Å². The van der Waals surface area contributed by atoms with Gasteiger partial charge in [0.2, 0.25) is 17.6 Å². The second-order valence-electron chi connectivity index (χ2n) is 6.82. The summed E-state index contributed by atoms with van der Waals surface area (Å²) in [5.74, 6) is 0.762. The van der Waals surface area contributed by atoms with Crippen molar-refractivity contribution < 1.29 is 22.5 Å². The molecule has 0 unspecified atom stereocenters. The lowest BCUT2D eigenvalue weighted by Gasteiger charge is -2.17. The number of hydrogen-bond acceptors (Lipinski definition) is 4. The molecular weight excluding hydrogens is 419 g/mol. The van der Waals surface area contributed by atoms with Gasteiger partial charge in [-0.05, 0) is 48.4 Å². The molecule has 0 atom stereocenters. The van der Waals surface area contributed by atoms with Crippen LogP contribution in [0.5, 0.6) is 0 Å². The molecule has 0 saturated heterocycles. The predicted molar refractivity (Wildman–Crippen MR) is 106 cm³/mol. The van der Waals surface area contributed by atoms with Crippen LogP contribution in [0.15, 0.2) is 53.1 Å². The molecule has 3 rings (SSSR count). The molecule has 30 heavy (non-hydrogen) atoms. The van der Waals surface area contributed by atoms with Crippen LogP contribution in [-0.2, 0) is 23.9 Å². The number of rotatable bonds is 7. The summed E-state index contributed by atoms with van der Waals surface area (Å²) in [4.78, 5) is 18.1. The molecule has 2 aromatic carbocycles. The first kappa shape index (κ1) is 21.8. The fraction of sp³-hybridized carbons (Fsp3) is 0.286. The molecule has 0 radical (unpaired) electrons. The molecule has 0 saturated carbocycles. The van der Waals surface area contributed by atoms with E-state index in [-0.39, 0.29) is 18.9 Å². The second kappa shape index (κ2) is 9.30. The number of hydrogen-bond donors (Lipinski definition) is 0. The first-order valence-corrected chi connectivity index (χ1v) is 9.59. The van der Waals surface area contributed by atoms with Crippen molar-refractivity contribution >= 4 is 17.5 Å². The number of alkyl halides is 3. The van der Waals surface area contributed by atoms with Crippen molar-refractivity contribution in [2.24, 2.45) is 0 Å². The van der Waals surface area contributed by atoms with Gasteiger partial charge in [-0.25, -0.2) is 0 Å². The normalized spacial score (nSPS) is 11.5. The van der Waals surface area contributed by atoms with Crippen LogP contribution in [0.25, 0.3) is 11.4 Å². The van der Waals surface area contributed by atoms with Gasteiger partial charge in [0.15, 0.2) is 0 Å². The van der Waals surface area contributed by atoms with E-state index >= 15 is 0 Å². The number of benzene rings is 2. The smallest absolute Gasteiger partial charge is 0.341 e. The van der Waals surface area contributed by atoms with E-state index in [1.165, 1.54) is 17.0 Å². The van der Waals surface area contributed by atoms with Gasteiger partial charge < -0.3 is 9.42 Å². The maximum atomic E-state index is 12.6. The van der Waals surface area contributed by atoms with Gasteiger partial charge in [-0.1, -0.05) is 28.9 Å². The van der Waals surface area contributed by atoms with E-state index in [0.29, 0.717) is 35.1 Å². The SMILES string of the molecule is CN(Cc1ccc(C(F)(F)F)cc1)C(=O)CCCc1nc(-c2ccc(Cl)cc2)no1. The fourth-order valence-corrected chi connectivity index (χ4v) is 2.94. The molecule has 0 aliphatic rings. The topological polar surface area (TPSA) is 59.2 Å². The van der Waals surface area contributed by atoms with Crippen LogP contribution in [0, 0.1) is 0 Å². The van der Waals surface area contributed by atoms with Gasteiger partial charge in [-0.15, -0.1) is 0 Å². The lowest BCUT2D eigenvalue weighted by atomic mass is 10.1. The van der Waals surface area contributed by atoms with E-state index in [0.717, 1.165) is 17.7 Å². The van der Waals surface area contributed by atoms with Crippen molar-refractivity contribution in [3.8, 4) is 11.4 Å². The summed E-state index contributed by atoms with van der Waals surface area (Å²) in [5.41, 5.74) is 0.697. The van der Waals surface area contributed by atoms with Gasteiger partial charge in [-0.3, -0.25) is 4.79 Å². The summed E-state index contributed by atoms with van der Waals surface area (Å²) in [6.07, 6.45) is -3.16. The van der Waals surface area contributed by atoms with E-state index in [9.17, 15) is 18.0 Å². The largest absolute Gasteiger partial charge is 0.416 e. The van der Waals surface area contributed by atoms with Crippen LogP contribution in [0.2, 0.25) is 5.02 Å². The molecule has 1 amide bonds. The van der Waals surface area contributed by atoms with E-state index in [1.807, 2.05) is 0 Å². The highest BCUT2D eigenvalue weighted by molar-refractivity contribution is 6.30. The first-order chi connectivity index (χ1) is 14.2. The summed E-state index contributed by atoms with van der Waals surface area (Å²) in [6, 6.07) is 11.8. The van der Waals surface area contributed by atoms with Gasteiger partial charge in [0.25, 0.3) is 0 Å². The Bertz CT molecular complexity index is 986. The lowest BCUT2D eigenvalue weighted by Crippen LogP contribution is -2.26. The summed E-state index contributed by atoms with van der Waals surface area (Å²) in [7, 11) is 1.62. The molecule has 3 aromatic rings. The third kappa shape index (κ3) is 5.82. The zero-order valence-corrected chi connectivity index (χ0v) is 16.9. The predicted octanol–water partition coefficient (Wildman–Crippen LogP) is 5.39. The number of nitrogens with zero attached hydrogens (tertiary/aromatic N) is 3. The standard InChI is InChI=1S/C21H19ClF3N3O2/c1-28(13-14-5-9-16(10-6-14)21(23,24)25)19(29)4-2-3-18-26-20(27-30-18)15-7-11-17(22)12-8-15/h5-12H,2-4,13H2,1H3. The minimum absolute atomic E-state index is 0.118. The molecule has 1 heterocycles. The van der Waals surface area contributed by atoms with E-state index in [1.54, 1.807) is 31.3 Å². The highest BCUT2D eigenvalue weighted by Gasteiger charge is 2.30. The Morgan fingerprint density at radius 2 is 1.77 bits per heavy atom. The average molecular weight is 438 g/mol. The highest BCUT2D eigenvalue weighted by Crippen LogP contribution is 2.29. The third-order valence-corrected chi connectivity index (χ3v) is 4.73. The molecule has 0 N–H and O–H groups in total. The van der Waals surface area contributed by atoms with Gasteiger partial charge in [0, 0.05) is 37.0 Å². The first-order valence-electron chi connectivity index (χ1n) is 9.21. The maximum absolute atomic E-state index is 12.6. The molecule has 0 spiro atoms.